The van der Waals surface area contributed by atoms with Crippen LogP contribution in [-0.4, -0.2) is 61.2 Å². The topological polar surface area (TPSA) is 18.5 Å². The monoisotopic (exact) mass is 253 g/mol. The second kappa shape index (κ2) is 6.36. The summed E-state index contributed by atoms with van der Waals surface area (Å²) in [7, 11) is 2.26. The van der Waals surface area contributed by atoms with Crippen LogP contribution in [0.5, 0.6) is 0 Å². The molecule has 4 atom stereocenters. The third kappa shape index (κ3) is 3.69. The van der Waals surface area contributed by atoms with Crippen molar-refractivity contribution in [2.45, 2.75) is 58.2 Å². The van der Waals surface area contributed by atoms with Crippen molar-refractivity contribution in [3.63, 3.8) is 0 Å². The number of hydrogen-bond acceptors (Lipinski definition) is 3. The molecule has 2 rings (SSSR count). The smallest absolute Gasteiger partial charge is 0.0145 e. The van der Waals surface area contributed by atoms with Gasteiger partial charge in [0.1, 0.15) is 0 Å². The van der Waals surface area contributed by atoms with E-state index >= 15 is 0 Å². The van der Waals surface area contributed by atoms with Gasteiger partial charge in [0.25, 0.3) is 0 Å². The van der Waals surface area contributed by atoms with Gasteiger partial charge in [0.05, 0.1) is 0 Å². The van der Waals surface area contributed by atoms with E-state index < -0.39 is 0 Å². The van der Waals surface area contributed by atoms with Crippen LogP contribution >= 0.6 is 0 Å². The van der Waals surface area contributed by atoms with E-state index in [0.717, 1.165) is 12.0 Å². The van der Waals surface area contributed by atoms with Gasteiger partial charge in [0.15, 0.2) is 0 Å². The van der Waals surface area contributed by atoms with Crippen molar-refractivity contribution in [2.24, 2.45) is 5.92 Å². The van der Waals surface area contributed by atoms with Crippen molar-refractivity contribution in [1.82, 2.24) is 15.1 Å². The summed E-state index contributed by atoms with van der Waals surface area (Å²) in [6.07, 6.45) is 3.95. The highest BCUT2D eigenvalue weighted by Crippen LogP contribution is 2.23. The van der Waals surface area contributed by atoms with Crippen LogP contribution < -0.4 is 5.32 Å². The third-order valence-electron chi connectivity index (χ3n) is 4.80. The molecule has 2 fully saturated rings. The SMILES string of the molecule is CC1CCN(C2CCN(C)CC2C)CCC(C)N1. The Morgan fingerprint density at radius 1 is 0.889 bits per heavy atom. The fourth-order valence-corrected chi connectivity index (χ4v) is 3.70. The van der Waals surface area contributed by atoms with E-state index in [1.807, 2.05) is 0 Å². The summed E-state index contributed by atoms with van der Waals surface area (Å²) in [5.74, 6) is 0.821. The lowest BCUT2D eigenvalue weighted by molar-refractivity contribution is 0.0641. The number of rotatable bonds is 1. The van der Waals surface area contributed by atoms with Crippen LogP contribution in [0, 0.1) is 5.92 Å². The van der Waals surface area contributed by atoms with Gasteiger partial charge in [0.2, 0.25) is 0 Å². The number of nitrogens with one attached hydrogen (secondary N) is 1. The van der Waals surface area contributed by atoms with Gasteiger partial charge in [-0.05, 0) is 65.7 Å². The van der Waals surface area contributed by atoms with E-state index in [1.165, 1.54) is 45.4 Å². The molecule has 1 N–H and O–H groups in total. The fraction of sp³-hybridized carbons (Fsp3) is 1.00. The van der Waals surface area contributed by atoms with Crippen molar-refractivity contribution in [3.05, 3.63) is 0 Å². The van der Waals surface area contributed by atoms with Gasteiger partial charge in [-0.2, -0.15) is 0 Å². The molecular formula is C15H31N3. The van der Waals surface area contributed by atoms with Gasteiger partial charge in [-0.1, -0.05) is 6.92 Å². The molecule has 0 aliphatic carbocycles. The first-order chi connectivity index (χ1) is 8.56. The lowest BCUT2D eigenvalue weighted by atomic mass is 9.91. The zero-order valence-corrected chi connectivity index (χ0v) is 12.7. The number of piperidine rings is 1. The number of nitrogens with zero attached hydrogens (tertiary/aromatic N) is 2. The van der Waals surface area contributed by atoms with Gasteiger partial charge in [-0.25, -0.2) is 0 Å². The summed E-state index contributed by atoms with van der Waals surface area (Å²) in [6.45, 7) is 12.2. The van der Waals surface area contributed by atoms with Crippen molar-refractivity contribution in [2.75, 3.05) is 33.2 Å². The summed E-state index contributed by atoms with van der Waals surface area (Å²) in [4.78, 5) is 5.27. The molecule has 0 saturated carbocycles. The summed E-state index contributed by atoms with van der Waals surface area (Å²) >= 11 is 0. The first-order valence-electron chi connectivity index (χ1n) is 7.75. The summed E-state index contributed by atoms with van der Waals surface area (Å²) in [5.41, 5.74) is 0. The van der Waals surface area contributed by atoms with Crippen molar-refractivity contribution >= 4 is 0 Å². The number of hydrogen-bond donors (Lipinski definition) is 1. The zero-order valence-electron chi connectivity index (χ0n) is 12.7. The molecule has 0 aromatic carbocycles. The largest absolute Gasteiger partial charge is 0.312 e. The molecule has 18 heavy (non-hydrogen) atoms. The molecule has 4 unspecified atom stereocenters. The predicted molar refractivity (Wildman–Crippen MR) is 77.9 cm³/mol. The lowest BCUT2D eigenvalue weighted by Crippen LogP contribution is -2.52. The normalized spacial score (nSPS) is 41.3. The van der Waals surface area contributed by atoms with Crippen LogP contribution in [0.15, 0.2) is 0 Å². The molecule has 0 amide bonds. The molecule has 2 heterocycles. The highest BCUT2D eigenvalue weighted by atomic mass is 15.2. The minimum atomic E-state index is 0.671. The lowest BCUT2D eigenvalue weighted by Gasteiger charge is -2.43. The minimum absolute atomic E-state index is 0.671. The van der Waals surface area contributed by atoms with Gasteiger partial charge < -0.3 is 10.2 Å². The molecule has 3 nitrogen and oxygen atoms in total. The van der Waals surface area contributed by atoms with E-state index in [-0.39, 0.29) is 0 Å². The van der Waals surface area contributed by atoms with Crippen LogP contribution in [0.4, 0.5) is 0 Å². The van der Waals surface area contributed by atoms with Gasteiger partial charge in [0, 0.05) is 24.7 Å². The molecule has 2 aliphatic heterocycles. The second-order valence-electron chi connectivity index (χ2n) is 6.68. The summed E-state index contributed by atoms with van der Waals surface area (Å²) in [5, 5.41) is 3.69. The predicted octanol–water partition coefficient (Wildman–Crippen LogP) is 1.79. The Hall–Kier alpha value is -0.120. The minimum Gasteiger partial charge on any atom is -0.312 e. The Kier molecular flexibility index (Phi) is 5.05. The van der Waals surface area contributed by atoms with Crippen LogP contribution in [-0.2, 0) is 0 Å². The molecule has 0 aromatic heterocycles. The van der Waals surface area contributed by atoms with E-state index in [1.54, 1.807) is 0 Å². The molecule has 0 bridgehead atoms. The van der Waals surface area contributed by atoms with Gasteiger partial charge in [-0.15, -0.1) is 0 Å². The Bertz CT molecular complexity index is 244. The van der Waals surface area contributed by atoms with Crippen LogP contribution in [0.3, 0.4) is 0 Å². The van der Waals surface area contributed by atoms with Crippen LogP contribution in [0.25, 0.3) is 0 Å². The maximum Gasteiger partial charge on any atom is 0.0145 e. The average molecular weight is 253 g/mol. The van der Waals surface area contributed by atoms with E-state index in [4.69, 9.17) is 0 Å². The third-order valence-corrected chi connectivity index (χ3v) is 4.80. The Morgan fingerprint density at radius 3 is 2.06 bits per heavy atom. The molecule has 106 valence electrons. The van der Waals surface area contributed by atoms with E-state index in [9.17, 15) is 0 Å². The molecule has 2 aliphatic rings. The van der Waals surface area contributed by atoms with Gasteiger partial charge >= 0.3 is 0 Å². The highest BCUT2D eigenvalue weighted by molar-refractivity contribution is 4.86. The van der Waals surface area contributed by atoms with Crippen molar-refractivity contribution in [3.8, 4) is 0 Å². The highest BCUT2D eigenvalue weighted by Gasteiger charge is 2.30. The molecule has 0 spiro atoms. The molecule has 0 aromatic rings. The zero-order chi connectivity index (χ0) is 13.1. The first-order valence-corrected chi connectivity index (χ1v) is 7.75. The second-order valence-corrected chi connectivity index (χ2v) is 6.68. The van der Waals surface area contributed by atoms with Crippen molar-refractivity contribution in [1.29, 1.82) is 0 Å². The molecule has 0 radical (unpaired) electrons. The van der Waals surface area contributed by atoms with E-state index in [2.05, 4.69) is 42.9 Å². The molecule has 2 saturated heterocycles. The van der Waals surface area contributed by atoms with Gasteiger partial charge in [-0.3, -0.25) is 4.90 Å². The summed E-state index contributed by atoms with van der Waals surface area (Å²) in [6, 6.07) is 2.16. The maximum absolute atomic E-state index is 3.69. The standard InChI is InChI=1S/C15H31N3/c1-12-11-17(4)8-7-15(12)18-9-5-13(2)16-14(3)6-10-18/h12-16H,5-11H2,1-4H3. The first kappa shape index (κ1) is 14.3. The Labute approximate surface area is 113 Å². The number of likely N-dealkylation sites (tertiary alicyclic amines) is 1. The van der Waals surface area contributed by atoms with Crippen molar-refractivity contribution < 1.29 is 0 Å². The quantitative estimate of drug-likeness (QED) is 0.768. The maximum atomic E-state index is 3.69. The molecular weight excluding hydrogens is 222 g/mol. The fourth-order valence-electron chi connectivity index (χ4n) is 3.70. The Balaban J connectivity index is 1.93. The van der Waals surface area contributed by atoms with E-state index in [0.29, 0.717) is 12.1 Å². The summed E-state index contributed by atoms with van der Waals surface area (Å²) < 4.78 is 0. The average Bonchev–Trinajstić information content (AvgIpc) is 2.28. The Morgan fingerprint density at radius 2 is 1.50 bits per heavy atom. The molecule has 3 heteroatoms. The van der Waals surface area contributed by atoms with Crippen LogP contribution in [0.2, 0.25) is 0 Å². The van der Waals surface area contributed by atoms with Crippen LogP contribution in [0.1, 0.15) is 40.0 Å².